The normalized spacial score (nSPS) is 15.5. The molecule has 1 aromatic carbocycles. The summed E-state index contributed by atoms with van der Waals surface area (Å²) in [7, 11) is 0. The number of hydrogen-bond acceptors (Lipinski definition) is 17. The fraction of sp³-hybridized carbons (Fsp3) is 0.737. The van der Waals surface area contributed by atoms with E-state index in [2.05, 4.69) is 37.2 Å². The van der Waals surface area contributed by atoms with Gasteiger partial charge in [-0.15, -0.1) is 0 Å². The van der Waals surface area contributed by atoms with Crippen LogP contribution in [0.5, 0.6) is 5.75 Å². The quantitative estimate of drug-likeness (QED) is 0.0270. The second-order valence-electron chi connectivity index (χ2n) is 28.4. The van der Waals surface area contributed by atoms with E-state index >= 15 is 0 Å². The van der Waals surface area contributed by atoms with Crippen LogP contribution in [0, 0.1) is 23.7 Å². The van der Waals surface area contributed by atoms with Gasteiger partial charge in [-0.1, -0.05) is 129 Å². The van der Waals surface area contributed by atoms with E-state index in [9.17, 15) is 87.5 Å². The van der Waals surface area contributed by atoms with E-state index in [0.29, 0.717) is 76.3 Å². The van der Waals surface area contributed by atoms with Crippen LogP contribution in [-0.4, -0.2) is 164 Å². The van der Waals surface area contributed by atoms with E-state index in [1.165, 1.54) is 97.1 Å². The lowest BCUT2D eigenvalue weighted by molar-refractivity contribution is -0.145. The van der Waals surface area contributed by atoms with Gasteiger partial charge in [0.05, 0.1) is 42.5 Å². The highest BCUT2D eigenvalue weighted by Gasteiger charge is 2.35. The number of rotatable bonds is 62. The lowest BCUT2D eigenvalue weighted by Gasteiger charge is -2.29. The van der Waals surface area contributed by atoms with Gasteiger partial charge >= 0.3 is 23.9 Å². The van der Waals surface area contributed by atoms with E-state index in [0.717, 1.165) is 44.9 Å². The zero-order chi connectivity index (χ0) is 75.8. The van der Waals surface area contributed by atoms with Crippen molar-refractivity contribution in [1.82, 2.24) is 37.2 Å². The monoisotopic (exact) mass is 1440 g/mol. The maximum absolute atomic E-state index is 13.6. The number of Topliss-reactive ketones (excluding diaryl/α,β-unsaturated/α-hetero) is 5. The summed E-state index contributed by atoms with van der Waals surface area (Å²) in [6, 6.07) is 2.11. The molecule has 0 aromatic heterocycles. The summed E-state index contributed by atoms with van der Waals surface area (Å²) in [5.74, 6) is -11.4. The zero-order valence-electron chi connectivity index (χ0n) is 61.6. The predicted molar refractivity (Wildman–Crippen MR) is 385 cm³/mol. The minimum atomic E-state index is -1.56. The molecular weight excluding hydrogens is 1310 g/mol. The molecule has 0 bridgehead atoms. The van der Waals surface area contributed by atoms with Gasteiger partial charge in [-0.25, -0.2) is 4.79 Å². The number of carboxylic acid groups (broad SMARTS) is 4. The molecular formula is C76H123N7O19. The van der Waals surface area contributed by atoms with E-state index in [-0.39, 0.29) is 112 Å². The Morgan fingerprint density at radius 3 is 1.53 bits per heavy atom. The topological polar surface area (TPSA) is 424 Å². The maximum Gasteiger partial charge on any atom is 0.326 e. The summed E-state index contributed by atoms with van der Waals surface area (Å²) >= 11 is 0. The average Bonchev–Trinajstić information content (AvgIpc) is 0.854. The molecule has 0 saturated heterocycles. The molecule has 0 unspecified atom stereocenters. The average molecular weight is 1440 g/mol. The number of unbranched alkanes of at least 4 members (excludes halogenated alkanes) is 17. The number of ketones is 5. The first kappa shape index (κ1) is 90.6. The van der Waals surface area contributed by atoms with Gasteiger partial charge < -0.3 is 62.8 Å². The molecule has 2 rings (SSSR count). The Balaban J connectivity index is 1.69. The van der Waals surface area contributed by atoms with Crippen molar-refractivity contribution in [2.24, 2.45) is 23.7 Å². The van der Waals surface area contributed by atoms with E-state index < -0.39 is 120 Å². The predicted octanol–water partition coefficient (Wildman–Crippen LogP) is 9.10. The van der Waals surface area contributed by atoms with Gasteiger partial charge in [-0.2, -0.15) is 0 Å². The van der Waals surface area contributed by atoms with Crippen molar-refractivity contribution >= 4 is 82.3 Å². The van der Waals surface area contributed by atoms with E-state index in [1.54, 1.807) is 19.1 Å². The Kier molecular flexibility index (Phi) is 46.6. The molecule has 0 spiro atoms. The SMILES string of the molecule is CCCC[C@H](NCC(=O)C(C)(C)NC(=O)[C@@H](Cc1ccc(O)cc1)NC(C)=O)C(=O)CN[C@@H](CCCCNC(=O)CC[C@H](CC(=O)CC[C@H](NC(=O)CC[C@H](CC(=O)C1CCC(CNC(=O)CCCCCCCCCCCCCCCCCCC(=O)O)CC1)C(=O)O)C(=O)O)C(=O)O)C(=O)CC. The molecule has 1 saturated carbocycles. The number of phenols is 1. The van der Waals surface area contributed by atoms with Crippen LogP contribution in [0.25, 0.3) is 0 Å². The van der Waals surface area contributed by atoms with Crippen LogP contribution >= 0.6 is 0 Å². The Morgan fingerprint density at radius 2 is 1.00 bits per heavy atom. The van der Waals surface area contributed by atoms with Crippen molar-refractivity contribution in [3.63, 3.8) is 0 Å². The molecule has 26 heteroatoms. The number of phenolic OH excluding ortho intramolecular Hbond substituents is 1. The largest absolute Gasteiger partial charge is 0.508 e. The lowest BCUT2D eigenvalue weighted by Crippen LogP contribution is -2.59. The van der Waals surface area contributed by atoms with Crippen molar-refractivity contribution in [2.45, 2.75) is 308 Å². The molecule has 12 N–H and O–H groups in total. The van der Waals surface area contributed by atoms with Crippen molar-refractivity contribution in [3.8, 4) is 5.75 Å². The number of aliphatic carboxylic acids is 4. The lowest BCUT2D eigenvalue weighted by atomic mass is 9.78. The molecule has 1 aromatic rings. The second kappa shape index (κ2) is 52.5. The number of hydrogen-bond donors (Lipinski definition) is 12. The summed E-state index contributed by atoms with van der Waals surface area (Å²) < 4.78 is 0. The van der Waals surface area contributed by atoms with Crippen LogP contribution in [0.3, 0.4) is 0 Å². The minimum absolute atomic E-state index is 0.0160. The first-order valence-corrected chi connectivity index (χ1v) is 37.7. The first-order valence-electron chi connectivity index (χ1n) is 37.7. The van der Waals surface area contributed by atoms with E-state index in [4.69, 9.17) is 5.11 Å². The second-order valence-corrected chi connectivity index (χ2v) is 28.4. The Morgan fingerprint density at radius 1 is 0.490 bits per heavy atom. The Labute approximate surface area is 603 Å². The van der Waals surface area contributed by atoms with Gasteiger partial charge in [-0.05, 0) is 121 Å². The van der Waals surface area contributed by atoms with Gasteiger partial charge in [0.1, 0.15) is 35.2 Å². The number of carbonyl (C=O) groups excluding carboxylic acids is 10. The van der Waals surface area contributed by atoms with Crippen molar-refractivity contribution in [1.29, 1.82) is 0 Å². The number of aromatic hydroxyl groups is 1. The van der Waals surface area contributed by atoms with Crippen LogP contribution in [0.15, 0.2) is 24.3 Å². The standard InChI is InChI=1S/C76H123N7O19/c1-6-8-27-61(79-51-67(90)76(4,5)83-72(96)63(81-52(3)84)46-53-33-39-58(85)40-34-53)66(89)50-78-60(64(87)7-2)28-25-26-45-77-69(92)43-37-56(73(97)98)47-59(86)41-42-62(75(101)102)82-70(93)44-38-57(74(99)100)48-65(88)55-35-31-54(32-36-55)49-80-68(91)29-23-21-19-17-15-13-11-9-10-12-14-16-18-20-22-24-30-71(94)95/h33-34,39-40,54-57,60-63,78-79,85H,6-32,35-38,41-51H2,1-5H3,(H,77,92)(H,80,91)(H,81,84)(H,82,93)(H,83,96)(H,94,95)(H,97,98)(H,99,100)(H,101,102)/t54?,55?,56-,57-,60+,61+,62+,63-/m1/s1. The van der Waals surface area contributed by atoms with Gasteiger partial charge in [0.25, 0.3) is 0 Å². The van der Waals surface area contributed by atoms with Crippen LogP contribution < -0.4 is 37.2 Å². The summed E-state index contributed by atoms with van der Waals surface area (Å²) in [4.78, 5) is 177. The number of amides is 5. The zero-order valence-corrected chi connectivity index (χ0v) is 61.6. The highest BCUT2D eigenvalue weighted by Crippen LogP contribution is 2.31. The van der Waals surface area contributed by atoms with Gasteiger partial charge in [0, 0.05) is 83.7 Å². The third-order valence-corrected chi connectivity index (χ3v) is 19.3. The number of carboxylic acids is 4. The number of nitrogens with one attached hydrogen (secondary N) is 7. The molecule has 1 aliphatic rings. The molecule has 0 heterocycles. The molecule has 26 nitrogen and oxygen atoms in total. The molecule has 0 aliphatic heterocycles. The van der Waals surface area contributed by atoms with Crippen LogP contribution in [0.1, 0.15) is 278 Å². The van der Waals surface area contributed by atoms with Gasteiger partial charge in [0.2, 0.25) is 29.5 Å². The molecule has 102 heavy (non-hydrogen) atoms. The molecule has 1 fully saturated rings. The van der Waals surface area contributed by atoms with Crippen LogP contribution in [0.4, 0.5) is 0 Å². The summed E-state index contributed by atoms with van der Waals surface area (Å²) in [5, 5.41) is 67.6. The maximum atomic E-state index is 13.6. The Bertz CT molecular complexity index is 2790. The fourth-order valence-corrected chi connectivity index (χ4v) is 12.7. The molecule has 5 amide bonds. The fourth-order valence-electron chi connectivity index (χ4n) is 12.7. The van der Waals surface area contributed by atoms with Gasteiger partial charge in [0.15, 0.2) is 11.6 Å². The number of benzene rings is 1. The summed E-state index contributed by atoms with van der Waals surface area (Å²) in [6.07, 6.45) is 22.0. The number of carbonyl (C=O) groups is 14. The summed E-state index contributed by atoms with van der Waals surface area (Å²) in [5.41, 5.74) is -0.745. The summed E-state index contributed by atoms with van der Waals surface area (Å²) in [6.45, 7) is 8.18. The molecule has 1 aliphatic carbocycles. The highest BCUT2D eigenvalue weighted by atomic mass is 16.4. The smallest absolute Gasteiger partial charge is 0.326 e. The molecule has 6 atom stereocenters. The molecule has 0 radical (unpaired) electrons. The van der Waals surface area contributed by atoms with Gasteiger partial charge in [-0.3, -0.25) is 62.3 Å². The van der Waals surface area contributed by atoms with Crippen LogP contribution in [0.2, 0.25) is 0 Å². The third-order valence-electron chi connectivity index (χ3n) is 19.3. The Hall–Kier alpha value is -7.48. The highest BCUT2D eigenvalue weighted by molar-refractivity contribution is 5.97. The van der Waals surface area contributed by atoms with Crippen LogP contribution in [-0.2, 0) is 73.5 Å². The van der Waals surface area contributed by atoms with E-state index in [1.807, 2.05) is 6.92 Å². The first-order chi connectivity index (χ1) is 48.5. The van der Waals surface area contributed by atoms with Crippen molar-refractivity contribution in [3.05, 3.63) is 29.8 Å². The minimum Gasteiger partial charge on any atom is -0.508 e. The van der Waals surface area contributed by atoms with Crippen molar-refractivity contribution < 1.29 is 92.7 Å². The third kappa shape index (κ3) is 41.6. The molecule has 576 valence electrons. The van der Waals surface area contributed by atoms with Crippen molar-refractivity contribution in [2.75, 3.05) is 26.2 Å².